The summed E-state index contributed by atoms with van der Waals surface area (Å²) in [5.41, 5.74) is 2.42. The molecule has 0 saturated carbocycles. The van der Waals surface area contributed by atoms with Gasteiger partial charge in [-0.1, -0.05) is 119 Å². The Morgan fingerprint density at radius 2 is 1.09 bits per heavy atom. The summed E-state index contributed by atoms with van der Waals surface area (Å²) in [6, 6.07) is 22.5. The highest BCUT2D eigenvalue weighted by molar-refractivity contribution is 5.98. The number of rotatable bonds is 14. The number of ether oxygens (including phenoxy) is 1. The average Bonchev–Trinajstić information content (AvgIpc) is 3.19. The van der Waals surface area contributed by atoms with Gasteiger partial charge in [0, 0.05) is 26.4 Å². The van der Waals surface area contributed by atoms with Gasteiger partial charge in [-0.3, -0.25) is 24.0 Å². The van der Waals surface area contributed by atoms with Crippen molar-refractivity contribution in [1.29, 1.82) is 0 Å². The van der Waals surface area contributed by atoms with Crippen molar-refractivity contribution >= 4 is 35.6 Å². The Labute approximate surface area is 336 Å². The van der Waals surface area contributed by atoms with E-state index >= 15 is 0 Å². The molecule has 1 saturated heterocycles. The summed E-state index contributed by atoms with van der Waals surface area (Å²) in [6.07, 6.45) is 1.03. The van der Waals surface area contributed by atoms with Crippen molar-refractivity contribution in [2.24, 2.45) is 11.8 Å². The number of nitrogens with one attached hydrogen (secondary N) is 5. The third-order valence-corrected chi connectivity index (χ3v) is 9.85. The van der Waals surface area contributed by atoms with E-state index in [0.29, 0.717) is 12.8 Å². The van der Waals surface area contributed by atoms with E-state index in [-0.39, 0.29) is 50.7 Å². The number of hydrogen-bond acceptors (Lipinski definition) is 7. The van der Waals surface area contributed by atoms with Gasteiger partial charge in [-0.25, -0.2) is 4.79 Å². The molecule has 0 aliphatic carbocycles. The molecule has 5 atom stereocenters. The molecule has 13 heteroatoms. The number of alkyl carbamates (subject to hydrolysis) is 1. The third-order valence-electron chi connectivity index (χ3n) is 9.85. The summed E-state index contributed by atoms with van der Waals surface area (Å²) >= 11 is 0. The lowest BCUT2D eigenvalue weighted by Gasteiger charge is -2.34. The second-order valence-electron chi connectivity index (χ2n) is 15.4. The molecule has 0 aromatic heterocycles. The standard InChI is InChI=1S/C44H58N6O7/c1-29(2)25-35-39(51)47-37(27-32-19-11-7-12-20-32)41(53)48-36(26-31-17-9-6-10-18-31)40(52)46-34(43(55)50(5)38(30(3)4)42(54)49-35)23-15-16-24-45-44(56)57-28-33-21-13-8-14-22-33/h6-14,17-22,29-30,34-38H,15-16,23-28H2,1-5H3,(H,45,56)(H,46,52)(H,47,51)(H,48,53)(H,49,54)/t34-,35+,36-,37+,38+/m1/s1. The first kappa shape index (κ1) is 44.0. The van der Waals surface area contributed by atoms with Gasteiger partial charge in [-0.2, -0.15) is 0 Å². The van der Waals surface area contributed by atoms with Crippen LogP contribution in [0.3, 0.4) is 0 Å². The van der Waals surface area contributed by atoms with Crippen molar-refractivity contribution in [3.63, 3.8) is 0 Å². The first-order chi connectivity index (χ1) is 27.3. The van der Waals surface area contributed by atoms with E-state index in [1.54, 1.807) is 0 Å². The van der Waals surface area contributed by atoms with E-state index in [1.165, 1.54) is 11.9 Å². The quantitative estimate of drug-likeness (QED) is 0.153. The molecular weight excluding hydrogens is 725 g/mol. The zero-order valence-corrected chi connectivity index (χ0v) is 33.7. The van der Waals surface area contributed by atoms with Crippen LogP contribution >= 0.6 is 0 Å². The number of carbonyl (C=O) groups is 6. The van der Waals surface area contributed by atoms with Crippen molar-refractivity contribution in [2.45, 2.75) is 103 Å². The molecule has 0 bridgehead atoms. The van der Waals surface area contributed by atoms with Crippen LogP contribution in [0.15, 0.2) is 91.0 Å². The minimum Gasteiger partial charge on any atom is -0.445 e. The molecule has 1 fully saturated rings. The van der Waals surface area contributed by atoms with Gasteiger partial charge in [0.25, 0.3) is 0 Å². The van der Waals surface area contributed by atoms with Crippen LogP contribution in [0.1, 0.15) is 70.1 Å². The average molecular weight is 783 g/mol. The fourth-order valence-corrected chi connectivity index (χ4v) is 6.90. The van der Waals surface area contributed by atoms with Crippen LogP contribution in [0.2, 0.25) is 0 Å². The van der Waals surface area contributed by atoms with Gasteiger partial charge in [0.15, 0.2) is 0 Å². The summed E-state index contributed by atoms with van der Waals surface area (Å²) in [7, 11) is 1.52. The molecule has 5 N–H and O–H groups in total. The smallest absolute Gasteiger partial charge is 0.407 e. The fourth-order valence-electron chi connectivity index (χ4n) is 6.90. The number of likely N-dealkylation sites (N-methyl/N-ethyl adjacent to an activating group) is 1. The molecule has 1 heterocycles. The maximum Gasteiger partial charge on any atom is 0.407 e. The third kappa shape index (κ3) is 14.1. The van der Waals surface area contributed by atoms with Crippen LogP contribution in [0, 0.1) is 11.8 Å². The molecule has 1 aliphatic heterocycles. The molecule has 0 radical (unpaired) electrons. The molecule has 6 amide bonds. The highest BCUT2D eigenvalue weighted by Crippen LogP contribution is 2.17. The van der Waals surface area contributed by atoms with Crippen molar-refractivity contribution in [1.82, 2.24) is 31.5 Å². The molecule has 3 aromatic carbocycles. The predicted octanol–water partition coefficient (Wildman–Crippen LogP) is 4.05. The predicted molar refractivity (Wildman–Crippen MR) is 217 cm³/mol. The largest absolute Gasteiger partial charge is 0.445 e. The molecule has 13 nitrogen and oxygen atoms in total. The van der Waals surface area contributed by atoms with Crippen LogP contribution in [-0.2, 0) is 48.2 Å². The Hall–Kier alpha value is -5.72. The van der Waals surface area contributed by atoms with Crippen molar-refractivity contribution < 1.29 is 33.5 Å². The topological polar surface area (TPSA) is 175 Å². The Kier molecular flexibility index (Phi) is 17.1. The van der Waals surface area contributed by atoms with E-state index in [2.05, 4.69) is 26.6 Å². The summed E-state index contributed by atoms with van der Waals surface area (Å²) in [4.78, 5) is 84.6. The molecule has 3 aromatic rings. The SMILES string of the molecule is CC(C)C[C@@H]1NC(=O)[C@H](C(C)C)N(C)C(=O)[C@@H](CCCCNC(=O)OCc2ccccc2)NC(=O)[C@@H](Cc2ccccc2)NC(=O)[C@H](Cc2ccccc2)NC1=O. The molecule has 0 unspecified atom stereocenters. The highest BCUT2D eigenvalue weighted by Gasteiger charge is 2.38. The lowest BCUT2D eigenvalue weighted by molar-refractivity contribution is -0.144. The number of carbonyl (C=O) groups excluding carboxylic acids is 6. The second kappa shape index (κ2) is 22.1. The summed E-state index contributed by atoms with van der Waals surface area (Å²) < 4.78 is 5.30. The number of nitrogens with zero attached hydrogens (tertiary/aromatic N) is 1. The minimum absolute atomic E-state index is 0.00283. The van der Waals surface area contributed by atoms with Crippen molar-refractivity contribution in [3.8, 4) is 0 Å². The number of benzene rings is 3. The first-order valence-electron chi connectivity index (χ1n) is 19.8. The van der Waals surface area contributed by atoms with Crippen molar-refractivity contribution in [3.05, 3.63) is 108 Å². The van der Waals surface area contributed by atoms with Crippen LogP contribution in [0.4, 0.5) is 4.79 Å². The van der Waals surface area contributed by atoms with Gasteiger partial charge in [-0.15, -0.1) is 0 Å². The van der Waals surface area contributed by atoms with Crippen LogP contribution in [0.5, 0.6) is 0 Å². The van der Waals surface area contributed by atoms with Crippen molar-refractivity contribution in [2.75, 3.05) is 13.6 Å². The summed E-state index contributed by atoms with van der Waals surface area (Å²) in [6.45, 7) is 7.87. The molecule has 1 aliphatic rings. The van der Waals surface area contributed by atoms with E-state index in [4.69, 9.17) is 4.74 Å². The fraction of sp³-hybridized carbons (Fsp3) is 0.455. The lowest BCUT2D eigenvalue weighted by atomic mass is 9.97. The molecule has 57 heavy (non-hydrogen) atoms. The maximum atomic E-state index is 14.4. The minimum atomic E-state index is -1.12. The van der Waals surface area contributed by atoms with Gasteiger partial charge < -0.3 is 36.2 Å². The summed E-state index contributed by atoms with van der Waals surface area (Å²) in [5, 5.41) is 14.3. The maximum absolute atomic E-state index is 14.4. The number of unbranched alkanes of at least 4 members (excludes halogenated alkanes) is 1. The van der Waals surface area contributed by atoms with E-state index in [0.717, 1.165) is 16.7 Å². The highest BCUT2D eigenvalue weighted by atomic mass is 16.5. The van der Waals surface area contributed by atoms with Crippen LogP contribution in [0.25, 0.3) is 0 Å². The van der Waals surface area contributed by atoms with Gasteiger partial charge >= 0.3 is 6.09 Å². The summed E-state index contributed by atoms with van der Waals surface area (Å²) in [5.74, 6) is -3.10. The molecule has 4 rings (SSSR count). The molecule has 306 valence electrons. The van der Waals surface area contributed by atoms with Gasteiger partial charge in [0.1, 0.15) is 36.8 Å². The number of hydrogen-bond donors (Lipinski definition) is 5. The zero-order chi connectivity index (χ0) is 41.3. The van der Waals surface area contributed by atoms with Gasteiger partial charge in [-0.05, 0) is 54.2 Å². The van der Waals surface area contributed by atoms with Gasteiger partial charge in [0.2, 0.25) is 29.5 Å². The Morgan fingerprint density at radius 1 is 0.632 bits per heavy atom. The normalized spacial score (nSPS) is 21.1. The molecular formula is C44H58N6O7. The first-order valence-corrected chi connectivity index (χ1v) is 19.8. The monoisotopic (exact) mass is 782 g/mol. The Morgan fingerprint density at radius 3 is 1.58 bits per heavy atom. The van der Waals surface area contributed by atoms with E-state index in [9.17, 15) is 28.8 Å². The Bertz CT molecular complexity index is 1770. The Balaban J connectivity index is 1.62. The second-order valence-corrected chi connectivity index (χ2v) is 15.4. The van der Waals surface area contributed by atoms with E-state index < -0.39 is 65.8 Å². The van der Waals surface area contributed by atoms with Crippen LogP contribution < -0.4 is 26.6 Å². The molecule has 0 spiro atoms. The zero-order valence-electron chi connectivity index (χ0n) is 33.7. The lowest BCUT2D eigenvalue weighted by Crippen LogP contribution is -2.59. The number of amides is 6. The van der Waals surface area contributed by atoms with Crippen LogP contribution in [-0.4, -0.2) is 84.3 Å². The van der Waals surface area contributed by atoms with E-state index in [1.807, 2.05) is 119 Å². The van der Waals surface area contributed by atoms with Gasteiger partial charge in [0.05, 0.1) is 0 Å².